The van der Waals surface area contributed by atoms with Gasteiger partial charge in [-0.3, -0.25) is 14.4 Å². The lowest BCUT2D eigenvalue weighted by molar-refractivity contribution is -0.167. The van der Waals surface area contributed by atoms with Gasteiger partial charge in [0.05, 0.1) is 0 Å². The van der Waals surface area contributed by atoms with Gasteiger partial charge in [0.1, 0.15) is 13.2 Å². The Kier molecular flexibility index (Phi) is 48.8. The van der Waals surface area contributed by atoms with Crippen LogP contribution in [0, 0.1) is 0 Å². The summed E-state index contributed by atoms with van der Waals surface area (Å²) in [5.74, 6) is -0.902. The van der Waals surface area contributed by atoms with Gasteiger partial charge in [0.25, 0.3) is 0 Å². The van der Waals surface area contributed by atoms with Gasteiger partial charge in [-0.15, -0.1) is 0 Å². The van der Waals surface area contributed by atoms with Crippen molar-refractivity contribution in [1.29, 1.82) is 0 Å². The Morgan fingerprint density at radius 2 is 0.613 bits per heavy atom. The van der Waals surface area contributed by atoms with E-state index in [1.54, 1.807) is 0 Å². The zero-order valence-corrected chi connectivity index (χ0v) is 41.1. The molecule has 0 aromatic carbocycles. The van der Waals surface area contributed by atoms with E-state index in [-0.39, 0.29) is 31.1 Å². The third kappa shape index (κ3) is 48.4. The van der Waals surface area contributed by atoms with Crippen LogP contribution >= 0.6 is 0 Å². The van der Waals surface area contributed by atoms with Gasteiger partial charge < -0.3 is 14.2 Å². The molecule has 0 bridgehead atoms. The quantitative estimate of drug-likeness (QED) is 0.0199. The fraction of sp³-hybridized carbons (Fsp3) is 0.804. The zero-order chi connectivity index (χ0) is 45.1. The molecular weight excluding hydrogens is 769 g/mol. The number of allylic oxidation sites excluding steroid dienone is 8. The van der Waals surface area contributed by atoms with Crippen molar-refractivity contribution >= 4 is 17.9 Å². The Morgan fingerprint density at radius 3 is 0.984 bits per heavy atom. The second-order valence-electron chi connectivity index (χ2n) is 17.8. The van der Waals surface area contributed by atoms with E-state index in [9.17, 15) is 14.4 Å². The van der Waals surface area contributed by atoms with Crippen molar-refractivity contribution in [2.24, 2.45) is 0 Å². The normalized spacial score (nSPS) is 12.4. The van der Waals surface area contributed by atoms with Crippen molar-refractivity contribution in [2.45, 2.75) is 277 Å². The third-order valence-corrected chi connectivity index (χ3v) is 11.6. The number of hydrogen-bond donors (Lipinski definition) is 0. The molecule has 0 aliphatic carbocycles. The summed E-state index contributed by atoms with van der Waals surface area (Å²) in [5, 5.41) is 0. The maximum atomic E-state index is 12.8. The zero-order valence-electron chi connectivity index (χ0n) is 41.1. The molecular formula is C56H100O6. The molecule has 6 nitrogen and oxygen atoms in total. The molecule has 0 rings (SSSR count). The van der Waals surface area contributed by atoms with E-state index in [4.69, 9.17) is 14.2 Å². The molecule has 0 saturated heterocycles. The highest BCUT2D eigenvalue weighted by atomic mass is 16.6. The first-order valence-corrected chi connectivity index (χ1v) is 26.7. The van der Waals surface area contributed by atoms with Crippen molar-refractivity contribution in [3.05, 3.63) is 48.6 Å². The van der Waals surface area contributed by atoms with Crippen LogP contribution in [0.2, 0.25) is 0 Å². The SMILES string of the molecule is CCCC/C=C\CCCCCCCC(=O)OCC(COC(=O)CCCCCCC\C=C/C=C\C=C/CCCCCCC)OC(=O)CCCCCCCCCCCCCCCCC. The van der Waals surface area contributed by atoms with Gasteiger partial charge >= 0.3 is 17.9 Å². The van der Waals surface area contributed by atoms with E-state index in [2.05, 4.69) is 69.4 Å². The highest BCUT2D eigenvalue weighted by Crippen LogP contribution is 2.15. The van der Waals surface area contributed by atoms with E-state index in [0.29, 0.717) is 19.3 Å². The molecule has 62 heavy (non-hydrogen) atoms. The summed E-state index contributed by atoms with van der Waals surface area (Å²) in [5.41, 5.74) is 0. The van der Waals surface area contributed by atoms with Gasteiger partial charge in [0.2, 0.25) is 0 Å². The Labute approximate surface area is 384 Å². The number of ether oxygens (including phenoxy) is 3. The molecule has 1 atom stereocenters. The number of carbonyl (C=O) groups is 3. The molecule has 1 unspecified atom stereocenters. The molecule has 0 spiro atoms. The second kappa shape index (κ2) is 51.0. The lowest BCUT2D eigenvalue weighted by Gasteiger charge is -2.18. The largest absolute Gasteiger partial charge is 0.462 e. The molecule has 0 aromatic rings. The van der Waals surface area contributed by atoms with Crippen molar-refractivity contribution in [3.63, 3.8) is 0 Å². The smallest absolute Gasteiger partial charge is 0.306 e. The van der Waals surface area contributed by atoms with E-state index in [1.165, 1.54) is 148 Å². The van der Waals surface area contributed by atoms with Crippen LogP contribution in [-0.4, -0.2) is 37.2 Å². The van der Waals surface area contributed by atoms with Gasteiger partial charge in [0, 0.05) is 19.3 Å². The van der Waals surface area contributed by atoms with E-state index < -0.39 is 6.10 Å². The van der Waals surface area contributed by atoms with Crippen molar-refractivity contribution in [3.8, 4) is 0 Å². The van der Waals surface area contributed by atoms with Crippen LogP contribution < -0.4 is 0 Å². The lowest BCUT2D eigenvalue weighted by Crippen LogP contribution is -2.30. The summed E-state index contributed by atoms with van der Waals surface area (Å²) >= 11 is 0. The molecule has 0 radical (unpaired) electrons. The van der Waals surface area contributed by atoms with Crippen LogP contribution in [0.5, 0.6) is 0 Å². The van der Waals surface area contributed by atoms with E-state index >= 15 is 0 Å². The molecule has 0 N–H and O–H groups in total. The van der Waals surface area contributed by atoms with Gasteiger partial charge in [0.15, 0.2) is 6.10 Å². The summed E-state index contributed by atoms with van der Waals surface area (Å²) < 4.78 is 16.8. The van der Waals surface area contributed by atoms with Gasteiger partial charge in [-0.05, 0) is 64.2 Å². The number of unbranched alkanes of at least 4 members (excludes halogenated alkanes) is 31. The molecule has 0 amide bonds. The minimum atomic E-state index is -0.781. The molecule has 0 heterocycles. The number of rotatable bonds is 48. The minimum absolute atomic E-state index is 0.0821. The standard InChI is InChI=1S/C56H100O6/c1-4-7-10-13-16-19-22-24-26-27-28-30-31-34-37-40-43-46-49-55(58)61-52-53(51-60-54(57)48-45-42-39-36-33-21-18-15-12-9-6-3)62-56(59)50-47-44-41-38-35-32-29-25-23-20-17-14-11-8-5-2/h15,18,22,24,26-28,30,53H,4-14,16-17,19-21,23,25,29,31-52H2,1-3H3/b18-15-,24-22-,27-26-,30-28-. The predicted octanol–water partition coefficient (Wildman–Crippen LogP) is 17.5. The van der Waals surface area contributed by atoms with Crippen molar-refractivity contribution < 1.29 is 28.6 Å². The average Bonchev–Trinajstić information content (AvgIpc) is 3.27. The monoisotopic (exact) mass is 869 g/mol. The predicted molar refractivity (Wildman–Crippen MR) is 265 cm³/mol. The fourth-order valence-corrected chi connectivity index (χ4v) is 7.54. The Bertz CT molecular complexity index is 1090. The summed E-state index contributed by atoms with van der Waals surface area (Å²) in [7, 11) is 0. The summed E-state index contributed by atoms with van der Waals surface area (Å²) in [4.78, 5) is 38.0. The van der Waals surface area contributed by atoms with Crippen LogP contribution in [0.3, 0.4) is 0 Å². The minimum Gasteiger partial charge on any atom is -0.462 e. The summed E-state index contributed by atoms with van der Waals surface area (Å²) in [6.45, 7) is 6.58. The van der Waals surface area contributed by atoms with Crippen LogP contribution in [0.1, 0.15) is 271 Å². The number of carbonyl (C=O) groups excluding carboxylic acids is 3. The lowest BCUT2D eigenvalue weighted by atomic mass is 10.0. The van der Waals surface area contributed by atoms with Gasteiger partial charge in [-0.1, -0.05) is 236 Å². The Morgan fingerprint density at radius 1 is 0.323 bits per heavy atom. The Balaban J connectivity index is 4.38. The maximum absolute atomic E-state index is 12.8. The molecule has 0 aromatic heterocycles. The molecule has 0 aliphatic heterocycles. The van der Waals surface area contributed by atoms with Gasteiger partial charge in [-0.25, -0.2) is 0 Å². The number of esters is 3. The van der Waals surface area contributed by atoms with E-state index in [0.717, 1.165) is 83.5 Å². The van der Waals surface area contributed by atoms with Crippen LogP contribution in [0.15, 0.2) is 48.6 Å². The average molecular weight is 869 g/mol. The summed E-state index contributed by atoms with van der Waals surface area (Å²) in [6, 6.07) is 0. The van der Waals surface area contributed by atoms with Crippen LogP contribution in [0.25, 0.3) is 0 Å². The fourth-order valence-electron chi connectivity index (χ4n) is 7.54. The molecule has 0 saturated carbocycles. The Hall–Kier alpha value is -2.63. The first kappa shape index (κ1) is 59.4. The van der Waals surface area contributed by atoms with E-state index in [1.807, 2.05) is 0 Å². The van der Waals surface area contributed by atoms with Crippen molar-refractivity contribution in [2.75, 3.05) is 13.2 Å². The van der Waals surface area contributed by atoms with Gasteiger partial charge in [-0.2, -0.15) is 0 Å². The topological polar surface area (TPSA) is 78.9 Å². The van der Waals surface area contributed by atoms with Crippen LogP contribution in [-0.2, 0) is 28.6 Å². The maximum Gasteiger partial charge on any atom is 0.306 e. The first-order valence-electron chi connectivity index (χ1n) is 26.7. The highest BCUT2D eigenvalue weighted by Gasteiger charge is 2.19. The molecule has 6 heteroatoms. The second-order valence-corrected chi connectivity index (χ2v) is 17.8. The van der Waals surface area contributed by atoms with Crippen molar-refractivity contribution in [1.82, 2.24) is 0 Å². The highest BCUT2D eigenvalue weighted by molar-refractivity contribution is 5.71. The third-order valence-electron chi connectivity index (χ3n) is 11.6. The van der Waals surface area contributed by atoms with Crippen LogP contribution in [0.4, 0.5) is 0 Å². The first-order chi connectivity index (χ1) is 30.5. The molecule has 360 valence electrons. The molecule has 0 aliphatic rings. The molecule has 0 fully saturated rings. The number of hydrogen-bond acceptors (Lipinski definition) is 6. The summed E-state index contributed by atoms with van der Waals surface area (Å²) in [6.07, 6.45) is 60.9.